The number of esters is 1. The standard InChI is InChI=1S/C20H29BrN2O6/c1-5-7-22(11(3)4)18(26)16-20-10-12(21)15(29-20)13(19(27)28-6-2)14(20)17(25)23(16)8-9-24/h5,11-16,24H,1,6-10H2,2-4H3/t12?,13-,14-,15-,16?,20?/m0/s1. The van der Waals surface area contributed by atoms with Crippen molar-refractivity contribution in [2.45, 2.75) is 55.8 Å². The van der Waals surface area contributed by atoms with E-state index in [-0.39, 0.29) is 42.4 Å². The van der Waals surface area contributed by atoms with Gasteiger partial charge in [0, 0.05) is 24.0 Å². The van der Waals surface area contributed by atoms with Crippen LogP contribution in [0.2, 0.25) is 0 Å². The van der Waals surface area contributed by atoms with E-state index in [1.165, 1.54) is 4.90 Å². The summed E-state index contributed by atoms with van der Waals surface area (Å²) in [5.41, 5.74) is -1.12. The van der Waals surface area contributed by atoms with E-state index in [4.69, 9.17) is 9.47 Å². The van der Waals surface area contributed by atoms with Crippen LogP contribution in [0.25, 0.3) is 0 Å². The van der Waals surface area contributed by atoms with Gasteiger partial charge in [0.25, 0.3) is 0 Å². The van der Waals surface area contributed by atoms with Crippen molar-refractivity contribution < 1.29 is 29.0 Å². The molecule has 3 unspecified atom stereocenters. The van der Waals surface area contributed by atoms with Crippen LogP contribution in [0.1, 0.15) is 27.2 Å². The fourth-order valence-electron chi connectivity index (χ4n) is 5.12. The van der Waals surface area contributed by atoms with E-state index in [1.54, 1.807) is 17.9 Å². The SMILES string of the molecule is C=CCN(C(=O)C1N(CCO)C(=O)[C@@H]2[C@H](C(=O)OCC)[C@H]3OC12CC3Br)C(C)C. The zero-order chi connectivity index (χ0) is 21.5. The highest BCUT2D eigenvalue weighted by Crippen LogP contribution is 2.60. The lowest BCUT2D eigenvalue weighted by atomic mass is 9.70. The van der Waals surface area contributed by atoms with E-state index in [1.807, 2.05) is 13.8 Å². The first-order chi connectivity index (χ1) is 13.7. The Bertz CT molecular complexity index is 700. The summed E-state index contributed by atoms with van der Waals surface area (Å²) >= 11 is 3.59. The van der Waals surface area contributed by atoms with E-state index >= 15 is 0 Å². The molecule has 3 rings (SSSR count). The van der Waals surface area contributed by atoms with Crippen molar-refractivity contribution in [3.63, 3.8) is 0 Å². The normalized spacial score (nSPS) is 35.2. The molecule has 3 saturated heterocycles. The Hall–Kier alpha value is -1.45. The molecule has 0 radical (unpaired) electrons. The van der Waals surface area contributed by atoms with E-state index in [0.717, 1.165) is 0 Å². The van der Waals surface area contributed by atoms with Gasteiger partial charge < -0.3 is 24.4 Å². The van der Waals surface area contributed by atoms with Gasteiger partial charge in [0.15, 0.2) is 0 Å². The molecule has 0 aromatic rings. The van der Waals surface area contributed by atoms with Crippen molar-refractivity contribution in [3.05, 3.63) is 12.7 Å². The van der Waals surface area contributed by atoms with Gasteiger partial charge >= 0.3 is 5.97 Å². The van der Waals surface area contributed by atoms with Gasteiger partial charge in [0.2, 0.25) is 11.8 Å². The molecule has 0 aromatic heterocycles. The largest absolute Gasteiger partial charge is 0.466 e. The van der Waals surface area contributed by atoms with Crippen LogP contribution in [-0.4, -0.2) is 87.6 Å². The number of amides is 2. The topological polar surface area (TPSA) is 96.4 Å². The monoisotopic (exact) mass is 472 g/mol. The molecule has 3 heterocycles. The van der Waals surface area contributed by atoms with Crippen LogP contribution in [0, 0.1) is 11.8 Å². The number of halogens is 1. The molecule has 1 N–H and O–H groups in total. The maximum atomic E-state index is 13.6. The Morgan fingerprint density at radius 1 is 1.52 bits per heavy atom. The number of hydrogen-bond acceptors (Lipinski definition) is 6. The number of fused-ring (bicyclic) bond motifs is 1. The summed E-state index contributed by atoms with van der Waals surface area (Å²) in [7, 11) is 0. The number of rotatable bonds is 8. The van der Waals surface area contributed by atoms with Gasteiger partial charge in [-0.2, -0.15) is 0 Å². The minimum absolute atomic E-state index is 0.00401. The third kappa shape index (κ3) is 3.31. The first-order valence-corrected chi connectivity index (χ1v) is 11.0. The van der Waals surface area contributed by atoms with E-state index in [9.17, 15) is 19.5 Å². The number of nitrogens with zero attached hydrogens (tertiary/aromatic N) is 2. The number of carbonyl (C=O) groups is 3. The van der Waals surface area contributed by atoms with Crippen molar-refractivity contribution in [1.82, 2.24) is 9.80 Å². The van der Waals surface area contributed by atoms with Crippen LogP contribution in [0.3, 0.4) is 0 Å². The summed E-state index contributed by atoms with van der Waals surface area (Å²) in [6, 6.07) is -1.01. The highest BCUT2D eigenvalue weighted by atomic mass is 79.9. The van der Waals surface area contributed by atoms with Crippen molar-refractivity contribution in [2.24, 2.45) is 11.8 Å². The third-order valence-electron chi connectivity index (χ3n) is 6.15. The lowest BCUT2D eigenvalue weighted by Crippen LogP contribution is -2.58. The second-order valence-corrected chi connectivity index (χ2v) is 9.22. The van der Waals surface area contributed by atoms with E-state index in [0.29, 0.717) is 13.0 Å². The van der Waals surface area contributed by atoms with Crippen LogP contribution >= 0.6 is 15.9 Å². The summed E-state index contributed by atoms with van der Waals surface area (Å²) < 4.78 is 11.5. The molecule has 0 aromatic carbocycles. The Morgan fingerprint density at radius 3 is 2.76 bits per heavy atom. The fraction of sp³-hybridized carbons (Fsp3) is 0.750. The number of likely N-dealkylation sites (tertiary alicyclic amines) is 1. The van der Waals surface area contributed by atoms with Crippen LogP contribution in [0.5, 0.6) is 0 Å². The molecule has 1 spiro atoms. The second-order valence-electron chi connectivity index (χ2n) is 8.04. The van der Waals surface area contributed by atoms with Gasteiger partial charge in [-0.3, -0.25) is 14.4 Å². The average molecular weight is 473 g/mol. The second kappa shape index (κ2) is 8.35. The van der Waals surface area contributed by atoms with Gasteiger partial charge in [-0.1, -0.05) is 22.0 Å². The van der Waals surface area contributed by atoms with E-state index < -0.39 is 35.6 Å². The van der Waals surface area contributed by atoms with Crippen molar-refractivity contribution in [2.75, 3.05) is 26.3 Å². The zero-order valence-electron chi connectivity index (χ0n) is 17.0. The maximum absolute atomic E-state index is 13.6. The highest BCUT2D eigenvalue weighted by molar-refractivity contribution is 9.09. The van der Waals surface area contributed by atoms with Crippen LogP contribution in [0.15, 0.2) is 12.7 Å². The number of aliphatic hydroxyl groups is 1. The molecule has 3 fully saturated rings. The lowest BCUT2D eigenvalue weighted by Gasteiger charge is -2.38. The molecule has 162 valence electrons. The summed E-state index contributed by atoms with van der Waals surface area (Å²) in [5, 5.41) is 9.56. The summed E-state index contributed by atoms with van der Waals surface area (Å²) in [6.45, 7) is 9.48. The van der Waals surface area contributed by atoms with Crippen LogP contribution < -0.4 is 0 Å². The highest BCUT2D eigenvalue weighted by Gasteiger charge is 2.77. The van der Waals surface area contributed by atoms with Crippen LogP contribution in [0.4, 0.5) is 0 Å². The number of ether oxygens (including phenoxy) is 2. The molecule has 0 aliphatic carbocycles. The fourth-order valence-corrected chi connectivity index (χ4v) is 6.06. The lowest BCUT2D eigenvalue weighted by molar-refractivity contribution is -0.155. The number of carbonyl (C=O) groups excluding carboxylic acids is 3. The Morgan fingerprint density at radius 2 is 2.21 bits per heavy atom. The Labute approximate surface area is 179 Å². The van der Waals surface area contributed by atoms with Crippen molar-refractivity contribution >= 4 is 33.7 Å². The minimum atomic E-state index is -1.12. The molecule has 8 nitrogen and oxygen atoms in total. The molecule has 9 heteroatoms. The Kier molecular flexibility index (Phi) is 6.41. The molecule has 2 amide bonds. The first-order valence-electron chi connectivity index (χ1n) is 10.1. The predicted octanol–water partition coefficient (Wildman–Crippen LogP) is 0.713. The Balaban J connectivity index is 2.06. The number of aliphatic hydroxyl groups excluding tert-OH is 1. The molecule has 3 aliphatic heterocycles. The van der Waals surface area contributed by atoms with Gasteiger partial charge in [0.1, 0.15) is 11.6 Å². The zero-order valence-corrected chi connectivity index (χ0v) is 18.6. The molecular weight excluding hydrogens is 444 g/mol. The van der Waals surface area contributed by atoms with E-state index in [2.05, 4.69) is 22.5 Å². The summed E-state index contributed by atoms with van der Waals surface area (Å²) in [5.74, 6) is -2.63. The number of hydrogen-bond donors (Lipinski definition) is 1. The third-order valence-corrected chi connectivity index (χ3v) is 7.00. The van der Waals surface area contributed by atoms with Crippen LogP contribution in [-0.2, 0) is 23.9 Å². The maximum Gasteiger partial charge on any atom is 0.312 e. The molecule has 6 atom stereocenters. The van der Waals surface area contributed by atoms with Gasteiger partial charge in [-0.15, -0.1) is 6.58 Å². The summed E-state index contributed by atoms with van der Waals surface area (Å²) in [4.78, 5) is 42.6. The van der Waals surface area contributed by atoms with Gasteiger partial charge in [-0.25, -0.2) is 0 Å². The van der Waals surface area contributed by atoms with Crippen molar-refractivity contribution in [3.8, 4) is 0 Å². The predicted molar refractivity (Wildman–Crippen MR) is 108 cm³/mol. The van der Waals surface area contributed by atoms with Gasteiger partial charge in [0.05, 0.1) is 31.2 Å². The number of alkyl halides is 1. The summed E-state index contributed by atoms with van der Waals surface area (Å²) in [6.07, 6.45) is 1.55. The molecule has 0 saturated carbocycles. The molecule has 2 bridgehead atoms. The molecule has 29 heavy (non-hydrogen) atoms. The van der Waals surface area contributed by atoms with Gasteiger partial charge in [-0.05, 0) is 27.2 Å². The first kappa shape index (κ1) is 22.2. The number of β-amino-alcohol motifs (C(OH)–C–C–N with tert-alkyl or cyclic N) is 1. The smallest absolute Gasteiger partial charge is 0.312 e. The molecular formula is C20H29BrN2O6. The minimum Gasteiger partial charge on any atom is -0.466 e. The van der Waals surface area contributed by atoms with Crippen molar-refractivity contribution in [1.29, 1.82) is 0 Å². The molecule has 3 aliphatic rings. The quantitative estimate of drug-likeness (QED) is 0.317. The average Bonchev–Trinajstić information content (AvgIpc) is 3.24.